The van der Waals surface area contributed by atoms with E-state index in [1.165, 1.54) is 33.4 Å². The Morgan fingerprint density at radius 1 is 0.710 bits per heavy atom. The maximum Gasteiger partial charge on any atom is 0.237 e. The molecule has 2 bridgehead atoms. The highest BCUT2D eigenvalue weighted by molar-refractivity contribution is 6.30. The van der Waals surface area contributed by atoms with E-state index in [2.05, 4.69) is 88.1 Å². The zero-order valence-corrected chi connectivity index (χ0v) is 20.1. The molecule has 2 atom stereocenters. The summed E-state index contributed by atoms with van der Waals surface area (Å²) in [5.74, 6) is 0.661. The zero-order chi connectivity index (χ0) is 22.3. The Balaban J connectivity index is 1.85. The van der Waals surface area contributed by atoms with E-state index in [1.807, 2.05) is 0 Å². The fourth-order valence-electron chi connectivity index (χ4n) is 5.19. The number of benzene rings is 2. The van der Waals surface area contributed by atoms with E-state index in [0.29, 0.717) is 11.0 Å². The topological polar surface area (TPSA) is 35.0 Å². The normalized spacial score (nSPS) is 19.0. The average molecular weight is 433 g/mol. The molecule has 6 rings (SSSR count). The lowest BCUT2D eigenvalue weighted by Crippen LogP contribution is -2.30. The molecule has 31 heavy (non-hydrogen) atoms. The molecule has 0 unspecified atom stereocenters. The molecule has 3 nitrogen and oxygen atoms in total. The highest BCUT2D eigenvalue weighted by Crippen LogP contribution is 2.59. The van der Waals surface area contributed by atoms with Crippen molar-refractivity contribution in [2.45, 2.75) is 64.2 Å². The van der Waals surface area contributed by atoms with Crippen LogP contribution in [0, 0.1) is 0 Å². The van der Waals surface area contributed by atoms with Gasteiger partial charge in [-0.3, -0.25) is 0 Å². The number of aromatic nitrogens is 2. The number of hydrogen-bond donors (Lipinski definition) is 0. The predicted molar refractivity (Wildman–Crippen MR) is 126 cm³/mol. The SMILES string of the molecule is COc1nnc(Cl)c2c1[C@H]1c3ccc(C(C)(C)C)cc3[C@@H]2c2ccc(C(C)(C)C)cc21. The Bertz CT molecular complexity index is 1220. The third kappa shape index (κ3) is 2.93. The summed E-state index contributed by atoms with van der Waals surface area (Å²) in [4.78, 5) is 0. The van der Waals surface area contributed by atoms with Crippen molar-refractivity contribution in [1.29, 1.82) is 0 Å². The number of ether oxygens (including phenoxy) is 1. The molecule has 3 aromatic rings. The van der Waals surface area contributed by atoms with E-state index in [4.69, 9.17) is 16.3 Å². The van der Waals surface area contributed by atoms with Crippen LogP contribution in [0.15, 0.2) is 36.4 Å². The largest absolute Gasteiger partial charge is 0.480 e. The zero-order valence-electron chi connectivity index (χ0n) is 19.3. The van der Waals surface area contributed by atoms with Gasteiger partial charge in [0.15, 0.2) is 5.15 Å². The van der Waals surface area contributed by atoms with E-state index in [0.717, 1.165) is 11.1 Å². The van der Waals surface area contributed by atoms with Crippen molar-refractivity contribution in [2.24, 2.45) is 0 Å². The van der Waals surface area contributed by atoms with Crippen molar-refractivity contribution in [1.82, 2.24) is 10.2 Å². The van der Waals surface area contributed by atoms with Crippen LogP contribution in [-0.2, 0) is 10.8 Å². The standard InChI is InChI=1S/C27H29ClN2O/c1-26(2,3)14-9-11-17-18(12-14)20-16-10-8-15(27(4,5)6)13-19(16)21(17)23-22(20)24(28)29-30-25(23)31-7/h8-13,20-21H,1-7H3/t20-,21-/m0/s1. The highest BCUT2D eigenvalue weighted by Gasteiger charge is 2.46. The molecule has 160 valence electrons. The van der Waals surface area contributed by atoms with Crippen molar-refractivity contribution in [2.75, 3.05) is 7.11 Å². The van der Waals surface area contributed by atoms with Crippen LogP contribution in [0.1, 0.15) is 97.9 Å². The van der Waals surface area contributed by atoms with Crippen LogP contribution in [0.4, 0.5) is 0 Å². The Hall–Kier alpha value is -2.39. The second-order valence-electron chi connectivity index (χ2n) is 10.9. The van der Waals surface area contributed by atoms with Gasteiger partial charge in [0.1, 0.15) is 0 Å². The Kier molecular flexibility index (Phi) is 4.34. The molecule has 0 aliphatic heterocycles. The molecule has 0 amide bonds. The van der Waals surface area contributed by atoms with Gasteiger partial charge in [-0.25, -0.2) is 0 Å². The number of hydrogen-bond acceptors (Lipinski definition) is 3. The second-order valence-corrected chi connectivity index (χ2v) is 11.2. The van der Waals surface area contributed by atoms with Gasteiger partial charge < -0.3 is 4.74 Å². The molecular weight excluding hydrogens is 404 g/mol. The molecule has 3 aliphatic carbocycles. The Labute approximate surface area is 189 Å². The summed E-state index contributed by atoms with van der Waals surface area (Å²) in [6.07, 6.45) is 0. The van der Waals surface area contributed by atoms with Gasteiger partial charge in [0.05, 0.1) is 7.11 Å². The Morgan fingerprint density at radius 2 is 1.19 bits per heavy atom. The molecule has 0 radical (unpaired) electrons. The van der Waals surface area contributed by atoms with E-state index >= 15 is 0 Å². The highest BCUT2D eigenvalue weighted by atomic mass is 35.5. The van der Waals surface area contributed by atoms with E-state index < -0.39 is 0 Å². The minimum Gasteiger partial charge on any atom is -0.480 e. The molecule has 3 aliphatic rings. The van der Waals surface area contributed by atoms with E-state index in [-0.39, 0.29) is 22.7 Å². The summed E-state index contributed by atoms with van der Waals surface area (Å²) < 4.78 is 5.69. The minimum atomic E-state index is 0.0400. The molecule has 0 saturated carbocycles. The van der Waals surface area contributed by atoms with Crippen molar-refractivity contribution in [3.8, 4) is 5.88 Å². The first-order valence-electron chi connectivity index (χ1n) is 10.9. The van der Waals surface area contributed by atoms with Crippen LogP contribution in [-0.4, -0.2) is 17.3 Å². The summed E-state index contributed by atoms with van der Waals surface area (Å²) in [5.41, 5.74) is 10.2. The van der Waals surface area contributed by atoms with Crippen molar-refractivity contribution in [3.63, 3.8) is 0 Å². The van der Waals surface area contributed by atoms with Crippen LogP contribution in [0.5, 0.6) is 5.88 Å². The minimum absolute atomic E-state index is 0.0400. The lowest BCUT2D eigenvalue weighted by molar-refractivity contribution is 0.382. The Morgan fingerprint density at radius 3 is 1.65 bits per heavy atom. The van der Waals surface area contributed by atoms with Gasteiger partial charge in [-0.15, -0.1) is 10.2 Å². The first-order chi connectivity index (χ1) is 14.5. The summed E-state index contributed by atoms with van der Waals surface area (Å²) in [6.45, 7) is 13.6. The van der Waals surface area contributed by atoms with E-state index in [1.54, 1.807) is 7.11 Å². The average Bonchev–Trinajstić information content (AvgIpc) is 2.71. The van der Waals surface area contributed by atoms with Crippen molar-refractivity contribution >= 4 is 11.6 Å². The smallest absolute Gasteiger partial charge is 0.237 e. The maximum atomic E-state index is 6.70. The maximum absolute atomic E-state index is 6.70. The van der Waals surface area contributed by atoms with Crippen LogP contribution < -0.4 is 4.74 Å². The lowest BCUT2D eigenvalue weighted by atomic mass is 9.60. The number of halogens is 1. The predicted octanol–water partition coefficient (Wildman–Crippen LogP) is 6.72. The van der Waals surface area contributed by atoms with Gasteiger partial charge in [-0.05, 0) is 44.2 Å². The van der Waals surface area contributed by atoms with Gasteiger partial charge in [0.25, 0.3) is 0 Å². The third-order valence-corrected chi connectivity index (χ3v) is 7.17. The van der Waals surface area contributed by atoms with Gasteiger partial charge in [-0.2, -0.15) is 0 Å². The van der Waals surface area contributed by atoms with Gasteiger partial charge in [0.2, 0.25) is 5.88 Å². The molecule has 1 aromatic heterocycles. The summed E-state index contributed by atoms with van der Waals surface area (Å²) in [5, 5.41) is 9.02. The quantitative estimate of drug-likeness (QED) is 0.295. The van der Waals surface area contributed by atoms with Crippen LogP contribution in [0.3, 0.4) is 0 Å². The van der Waals surface area contributed by atoms with Gasteiger partial charge in [0, 0.05) is 23.0 Å². The monoisotopic (exact) mass is 432 g/mol. The first kappa shape index (κ1) is 20.5. The van der Waals surface area contributed by atoms with Crippen LogP contribution in [0.25, 0.3) is 0 Å². The summed E-state index contributed by atoms with van der Waals surface area (Å²) in [6, 6.07) is 13.9. The van der Waals surface area contributed by atoms with Crippen LogP contribution in [0.2, 0.25) is 5.15 Å². The number of methoxy groups -OCH3 is 1. The summed E-state index contributed by atoms with van der Waals surface area (Å²) in [7, 11) is 1.66. The number of nitrogens with zero attached hydrogens (tertiary/aromatic N) is 2. The second kappa shape index (κ2) is 6.56. The molecule has 0 N–H and O–H groups in total. The fraction of sp³-hybridized carbons (Fsp3) is 0.407. The molecular formula is C27H29ClN2O. The van der Waals surface area contributed by atoms with E-state index in [9.17, 15) is 0 Å². The van der Waals surface area contributed by atoms with Gasteiger partial charge >= 0.3 is 0 Å². The van der Waals surface area contributed by atoms with Crippen LogP contribution >= 0.6 is 11.6 Å². The third-order valence-electron chi connectivity index (χ3n) is 6.89. The van der Waals surface area contributed by atoms with Crippen molar-refractivity contribution < 1.29 is 4.74 Å². The summed E-state index contributed by atoms with van der Waals surface area (Å²) >= 11 is 6.70. The molecule has 1 heterocycles. The molecule has 0 saturated heterocycles. The molecule has 2 aromatic carbocycles. The molecule has 4 heteroatoms. The van der Waals surface area contributed by atoms with Crippen molar-refractivity contribution in [3.05, 3.63) is 86.1 Å². The number of rotatable bonds is 1. The first-order valence-corrected chi connectivity index (χ1v) is 11.3. The molecule has 0 fully saturated rings. The molecule has 0 spiro atoms. The fourth-order valence-corrected chi connectivity index (χ4v) is 5.44. The lowest BCUT2D eigenvalue weighted by Gasteiger charge is -2.43. The van der Waals surface area contributed by atoms with Gasteiger partial charge in [-0.1, -0.05) is 89.5 Å².